The number of hydrogen-bond donors (Lipinski definition) is 1. The summed E-state index contributed by atoms with van der Waals surface area (Å²) in [5.74, 6) is -1.00. The molecule has 0 saturated carbocycles. The fourth-order valence-corrected chi connectivity index (χ4v) is 4.49. The second-order valence-corrected chi connectivity index (χ2v) is 7.83. The van der Waals surface area contributed by atoms with Gasteiger partial charge in [0.2, 0.25) is 0 Å². The van der Waals surface area contributed by atoms with Crippen LogP contribution in [0.4, 0.5) is 18.9 Å². The molecule has 12 heteroatoms. The average Bonchev–Trinajstić information content (AvgIpc) is 3.12. The van der Waals surface area contributed by atoms with E-state index < -0.39 is 38.3 Å². The predicted molar refractivity (Wildman–Crippen MR) is 95.3 cm³/mol. The van der Waals surface area contributed by atoms with Gasteiger partial charge in [-0.15, -0.1) is 11.3 Å². The van der Waals surface area contributed by atoms with E-state index in [0.717, 1.165) is 36.6 Å². The Bertz CT molecular complexity index is 940. The van der Waals surface area contributed by atoms with Crippen molar-refractivity contribution in [3.05, 3.63) is 40.1 Å². The van der Waals surface area contributed by atoms with Crippen LogP contribution in [-0.4, -0.2) is 41.8 Å². The Labute approximate surface area is 163 Å². The molecule has 0 saturated heterocycles. The van der Waals surface area contributed by atoms with Gasteiger partial charge in [-0.05, 0) is 29.6 Å². The van der Waals surface area contributed by atoms with Gasteiger partial charge in [0.15, 0.2) is 0 Å². The Balaban J connectivity index is 2.44. The highest BCUT2D eigenvalue weighted by Gasteiger charge is 2.32. The van der Waals surface area contributed by atoms with Gasteiger partial charge in [0.05, 0.1) is 25.0 Å². The third kappa shape index (κ3) is 5.14. The number of rotatable bonds is 8. The summed E-state index contributed by atoms with van der Waals surface area (Å²) in [4.78, 5) is 11.1. The standard InChI is InChI=1S/C16H16F3NO6S2/c1-24-6-7-26-12-4-3-10(16(17,18)19)9-11(12)20-28(22,23)13-5-8-27-14(13)15(21)25-2/h3-5,8-9,20H,6-7H2,1-2H3. The van der Waals surface area contributed by atoms with E-state index in [9.17, 15) is 26.4 Å². The number of alkyl halides is 3. The lowest BCUT2D eigenvalue weighted by Crippen LogP contribution is -2.17. The van der Waals surface area contributed by atoms with Crippen molar-refractivity contribution in [2.75, 3.05) is 32.2 Å². The van der Waals surface area contributed by atoms with Crippen LogP contribution in [0.25, 0.3) is 0 Å². The minimum atomic E-state index is -4.69. The van der Waals surface area contributed by atoms with Crippen LogP contribution >= 0.6 is 11.3 Å². The normalized spacial score (nSPS) is 11.9. The van der Waals surface area contributed by atoms with Gasteiger partial charge in [-0.25, -0.2) is 13.2 Å². The Morgan fingerprint density at radius 3 is 2.50 bits per heavy atom. The molecule has 0 aliphatic heterocycles. The molecule has 0 spiro atoms. The van der Waals surface area contributed by atoms with Gasteiger partial charge in [-0.3, -0.25) is 4.72 Å². The quantitative estimate of drug-likeness (QED) is 0.501. The number of halogens is 3. The molecule has 0 atom stereocenters. The molecule has 1 heterocycles. The average molecular weight is 439 g/mol. The smallest absolute Gasteiger partial charge is 0.416 e. The summed E-state index contributed by atoms with van der Waals surface area (Å²) >= 11 is 0.827. The van der Waals surface area contributed by atoms with Crippen molar-refractivity contribution in [3.8, 4) is 5.75 Å². The molecule has 0 amide bonds. The second-order valence-electron chi connectivity index (χ2n) is 5.26. The molecule has 1 aromatic heterocycles. The molecular formula is C16H16F3NO6S2. The number of carbonyl (C=O) groups excluding carboxylic acids is 1. The van der Waals surface area contributed by atoms with Crippen LogP contribution < -0.4 is 9.46 Å². The fourth-order valence-electron chi connectivity index (χ4n) is 2.10. The molecule has 2 rings (SSSR count). The van der Waals surface area contributed by atoms with Crippen molar-refractivity contribution in [2.45, 2.75) is 11.1 Å². The van der Waals surface area contributed by atoms with Gasteiger partial charge in [0.25, 0.3) is 10.0 Å². The van der Waals surface area contributed by atoms with Gasteiger partial charge < -0.3 is 14.2 Å². The maximum absolute atomic E-state index is 13.0. The molecule has 2 aromatic rings. The zero-order valence-electron chi connectivity index (χ0n) is 14.7. The molecular weight excluding hydrogens is 423 g/mol. The number of anilines is 1. The third-order valence-electron chi connectivity index (χ3n) is 3.39. The summed E-state index contributed by atoms with van der Waals surface area (Å²) in [5, 5.41) is 1.35. The number of ether oxygens (including phenoxy) is 3. The fraction of sp³-hybridized carbons (Fsp3) is 0.312. The molecule has 7 nitrogen and oxygen atoms in total. The number of nitrogens with one attached hydrogen (secondary N) is 1. The number of sulfonamides is 1. The maximum atomic E-state index is 13.0. The summed E-state index contributed by atoms with van der Waals surface area (Å²) in [6, 6.07) is 3.54. The van der Waals surface area contributed by atoms with Crippen molar-refractivity contribution >= 4 is 33.0 Å². The van der Waals surface area contributed by atoms with E-state index in [0.29, 0.717) is 6.07 Å². The van der Waals surface area contributed by atoms with Crippen molar-refractivity contribution < 1.29 is 40.6 Å². The highest BCUT2D eigenvalue weighted by Crippen LogP contribution is 2.36. The second kappa shape index (κ2) is 8.80. The Morgan fingerprint density at radius 1 is 1.18 bits per heavy atom. The zero-order valence-corrected chi connectivity index (χ0v) is 16.3. The van der Waals surface area contributed by atoms with E-state index in [1.54, 1.807) is 0 Å². The van der Waals surface area contributed by atoms with E-state index in [1.165, 1.54) is 12.5 Å². The lowest BCUT2D eigenvalue weighted by molar-refractivity contribution is -0.137. The molecule has 1 aromatic carbocycles. The van der Waals surface area contributed by atoms with E-state index in [-0.39, 0.29) is 23.8 Å². The van der Waals surface area contributed by atoms with E-state index in [1.807, 2.05) is 0 Å². The van der Waals surface area contributed by atoms with Crippen LogP contribution in [0.5, 0.6) is 5.75 Å². The van der Waals surface area contributed by atoms with Crippen LogP contribution in [0.1, 0.15) is 15.2 Å². The first-order valence-electron chi connectivity index (χ1n) is 7.61. The molecule has 0 fully saturated rings. The minimum Gasteiger partial charge on any atom is -0.489 e. The van der Waals surface area contributed by atoms with Gasteiger partial charge >= 0.3 is 12.1 Å². The highest BCUT2D eigenvalue weighted by molar-refractivity contribution is 7.93. The highest BCUT2D eigenvalue weighted by atomic mass is 32.2. The summed E-state index contributed by atoms with van der Waals surface area (Å²) in [5.41, 5.74) is -1.49. The lowest BCUT2D eigenvalue weighted by atomic mass is 10.2. The molecule has 28 heavy (non-hydrogen) atoms. The molecule has 154 valence electrons. The van der Waals surface area contributed by atoms with Crippen LogP contribution in [-0.2, 0) is 25.7 Å². The van der Waals surface area contributed by atoms with Gasteiger partial charge in [0, 0.05) is 7.11 Å². The number of carbonyl (C=O) groups is 1. The number of esters is 1. The molecule has 1 N–H and O–H groups in total. The maximum Gasteiger partial charge on any atom is 0.416 e. The van der Waals surface area contributed by atoms with Crippen molar-refractivity contribution in [1.82, 2.24) is 0 Å². The molecule has 0 bridgehead atoms. The first kappa shape index (κ1) is 22.0. The van der Waals surface area contributed by atoms with E-state index in [2.05, 4.69) is 9.46 Å². The van der Waals surface area contributed by atoms with Crippen LogP contribution in [0.2, 0.25) is 0 Å². The minimum absolute atomic E-state index is 0.0115. The summed E-state index contributed by atoms with van der Waals surface area (Å²) < 4.78 is 81.1. The van der Waals surface area contributed by atoms with Gasteiger partial charge in [0.1, 0.15) is 22.1 Å². The molecule has 0 radical (unpaired) electrons. The SMILES string of the molecule is COCCOc1ccc(C(F)(F)F)cc1NS(=O)(=O)c1ccsc1C(=O)OC. The largest absolute Gasteiger partial charge is 0.489 e. The Hall–Kier alpha value is -2.31. The number of methoxy groups -OCH3 is 2. The van der Waals surface area contributed by atoms with Crippen molar-refractivity contribution in [3.63, 3.8) is 0 Å². The van der Waals surface area contributed by atoms with Crippen LogP contribution in [0, 0.1) is 0 Å². The third-order valence-corrected chi connectivity index (χ3v) is 5.82. The Morgan fingerprint density at radius 2 is 1.89 bits per heavy atom. The van der Waals surface area contributed by atoms with Gasteiger partial charge in [-0.2, -0.15) is 13.2 Å². The van der Waals surface area contributed by atoms with E-state index >= 15 is 0 Å². The number of thiophene rings is 1. The lowest BCUT2D eigenvalue weighted by Gasteiger charge is -2.16. The number of hydrogen-bond acceptors (Lipinski definition) is 7. The van der Waals surface area contributed by atoms with Crippen LogP contribution in [0.15, 0.2) is 34.5 Å². The van der Waals surface area contributed by atoms with Gasteiger partial charge in [-0.1, -0.05) is 0 Å². The first-order valence-corrected chi connectivity index (χ1v) is 9.98. The Kier molecular flexibility index (Phi) is 6.91. The summed E-state index contributed by atoms with van der Waals surface area (Å²) in [6.07, 6.45) is -4.69. The van der Waals surface area contributed by atoms with Crippen LogP contribution in [0.3, 0.4) is 0 Å². The van der Waals surface area contributed by atoms with E-state index in [4.69, 9.17) is 9.47 Å². The number of benzene rings is 1. The van der Waals surface area contributed by atoms with Crippen molar-refractivity contribution in [2.24, 2.45) is 0 Å². The molecule has 0 aliphatic carbocycles. The van der Waals surface area contributed by atoms with Crippen molar-refractivity contribution in [1.29, 1.82) is 0 Å². The molecule has 0 unspecified atom stereocenters. The topological polar surface area (TPSA) is 90.9 Å². The summed E-state index contributed by atoms with van der Waals surface area (Å²) in [7, 11) is -1.90. The summed E-state index contributed by atoms with van der Waals surface area (Å²) in [6.45, 7) is 0.132. The monoisotopic (exact) mass is 439 g/mol. The predicted octanol–water partition coefficient (Wildman–Crippen LogP) is 3.38. The molecule has 0 aliphatic rings. The zero-order chi connectivity index (χ0) is 20.9. The first-order chi connectivity index (χ1) is 13.1.